The Hall–Kier alpha value is -0.820. The van der Waals surface area contributed by atoms with E-state index in [4.69, 9.17) is 4.74 Å². The average Bonchev–Trinajstić information content (AvgIpc) is 2.16. The van der Waals surface area contributed by atoms with Gasteiger partial charge in [0, 0.05) is 7.11 Å². The number of hydrogen-bond acceptors (Lipinski definition) is 1. The normalized spacial score (nSPS) is 12.8. The predicted octanol–water partition coefficient (Wildman–Crippen LogP) is 2.65. The maximum Gasteiger partial charge on any atom is 0.0546 e. The van der Waals surface area contributed by atoms with Gasteiger partial charge in [-0.05, 0) is 25.3 Å². The molecule has 1 nitrogen and oxygen atoms in total. The van der Waals surface area contributed by atoms with Gasteiger partial charge in [-0.2, -0.15) is 0 Å². The SMILES string of the molecule is COC(C)CCc1ccccc1. The first kappa shape index (κ1) is 9.27. The van der Waals surface area contributed by atoms with Crippen LogP contribution in [0.25, 0.3) is 0 Å². The average molecular weight is 164 g/mol. The van der Waals surface area contributed by atoms with Gasteiger partial charge in [0.15, 0.2) is 0 Å². The molecule has 0 saturated carbocycles. The number of rotatable bonds is 4. The van der Waals surface area contributed by atoms with E-state index in [0.29, 0.717) is 6.10 Å². The lowest BCUT2D eigenvalue weighted by Gasteiger charge is -2.08. The van der Waals surface area contributed by atoms with Gasteiger partial charge in [0.25, 0.3) is 0 Å². The lowest BCUT2D eigenvalue weighted by Crippen LogP contribution is -2.05. The van der Waals surface area contributed by atoms with Crippen LogP contribution in [0.2, 0.25) is 0 Å². The van der Waals surface area contributed by atoms with Crippen LogP contribution < -0.4 is 0 Å². The van der Waals surface area contributed by atoms with Crippen molar-refractivity contribution < 1.29 is 4.74 Å². The van der Waals surface area contributed by atoms with Gasteiger partial charge in [0.1, 0.15) is 0 Å². The van der Waals surface area contributed by atoms with E-state index in [9.17, 15) is 0 Å². The number of methoxy groups -OCH3 is 1. The minimum atomic E-state index is 0.366. The summed E-state index contributed by atoms with van der Waals surface area (Å²) in [5.41, 5.74) is 1.39. The third kappa shape index (κ3) is 3.05. The Labute approximate surface area is 74.4 Å². The smallest absolute Gasteiger partial charge is 0.0546 e. The molecular formula is C11H16O. The minimum absolute atomic E-state index is 0.366. The Bertz CT molecular complexity index is 206. The zero-order chi connectivity index (χ0) is 8.81. The molecule has 1 aromatic rings. The standard InChI is InChI=1S/C11H16O/c1-10(12-2)8-9-11-6-4-3-5-7-11/h3-7,10H,8-9H2,1-2H3. The Morgan fingerprint density at radius 1 is 1.25 bits per heavy atom. The van der Waals surface area contributed by atoms with Crippen LogP contribution in [0.3, 0.4) is 0 Å². The maximum absolute atomic E-state index is 5.17. The molecule has 0 aliphatic heterocycles. The first-order chi connectivity index (χ1) is 5.83. The highest BCUT2D eigenvalue weighted by Crippen LogP contribution is 2.05. The molecule has 1 aromatic carbocycles. The number of hydrogen-bond donors (Lipinski definition) is 0. The summed E-state index contributed by atoms with van der Waals surface area (Å²) in [7, 11) is 1.76. The lowest BCUT2D eigenvalue weighted by atomic mass is 10.1. The molecule has 1 unspecified atom stereocenters. The molecule has 0 radical (unpaired) electrons. The summed E-state index contributed by atoms with van der Waals surface area (Å²) in [6.45, 7) is 2.10. The van der Waals surface area contributed by atoms with Crippen LogP contribution in [0.5, 0.6) is 0 Å². The topological polar surface area (TPSA) is 9.23 Å². The molecule has 12 heavy (non-hydrogen) atoms. The Morgan fingerprint density at radius 2 is 1.92 bits per heavy atom. The fourth-order valence-electron chi connectivity index (χ4n) is 1.13. The number of ether oxygens (including phenoxy) is 1. The van der Waals surface area contributed by atoms with E-state index in [1.54, 1.807) is 7.11 Å². The van der Waals surface area contributed by atoms with Crippen molar-refractivity contribution in [2.45, 2.75) is 25.9 Å². The van der Waals surface area contributed by atoms with Crippen molar-refractivity contribution in [3.63, 3.8) is 0 Å². The molecule has 0 spiro atoms. The third-order valence-corrected chi connectivity index (χ3v) is 2.08. The monoisotopic (exact) mass is 164 g/mol. The van der Waals surface area contributed by atoms with Crippen molar-refractivity contribution >= 4 is 0 Å². The van der Waals surface area contributed by atoms with Crippen LogP contribution in [-0.2, 0) is 11.2 Å². The van der Waals surface area contributed by atoms with E-state index in [1.165, 1.54) is 5.56 Å². The maximum atomic E-state index is 5.17. The van der Waals surface area contributed by atoms with E-state index in [1.807, 2.05) is 6.07 Å². The van der Waals surface area contributed by atoms with Gasteiger partial charge in [0.2, 0.25) is 0 Å². The van der Waals surface area contributed by atoms with Gasteiger partial charge < -0.3 is 4.74 Å². The van der Waals surface area contributed by atoms with Crippen LogP contribution >= 0.6 is 0 Å². The molecule has 0 saturated heterocycles. The van der Waals surface area contributed by atoms with Crippen LogP contribution in [0.1, 0.15) is 18.9 Å². The van der Waals surface area contributed by atoms with Crippen molar-refractivity contribution in [3.8, 4) is 0 Å². The summed E-state index contributed by atoms with van der Waals surface area (Å²) in [6, 6.07) is 10.5. The van der Waals surface area contributed by atoms with E-state index in [-0.39, 0.29) is 0 Å². The van der Waals surface area contributed by atoms with Crippen LogP contribution in [-0.4, -0.2) is 13.2 Å². The highest BCUT2D eigenvalue weighted by molar-refractivity contribution is 5.14. The molecule has 0 amide bonds. The zero-order valence-corrected chi connectivity index (χ0v) is 7.79. The second-order valence-electron chi connectivity index (χ2n) is 3.07. The van der Waals surface area contributed by atoms with Crippen LogP contribution in [0.4, 0.5) is 0 Å². The Morgan fingerprint density at radius 3 is 2.50 bits per heavy atom. The van der Waals surface area contributed by atoms with E-state index in [0.717, 1.165) is 12.8 Å². The number of aryl methyl sites for hydroxylation is 1. The molecule has 1 heteroatoms. The summed E-state index contributed by atoms with van der Waals surface area (Å²) < 4.78 is 5.17. The number of benzene rings is 1. The molecule has 0 aliphatic carbocycles. The zero-order valence-electron chi connectivity index (χ0n) is 7.79. The summed E-state index contributed by atoms with van der Waals surface area (Å²) in [6.07, 6.45) is 2.57. The molecule has 66 valence electrons. The quantitative estimate of drug-likeness (QED) is 0.664. The van der Waals surface area contributed by atoms with Crippen molar-refractivity contribution in [2.75, 3.05) is 7.11 Å². The van der Waals surface area contributed by atoms with Crippen LogP contribution in [0, 0.1) is 0 Å². The van der Waals surface area contributed by atoms with Crippen molar-refractivity contribution in [1.82, 2.24) is 0 Å². The molecule has 0 fully saturated rings. The van der Waals surface area contributed by atoms with E-state index >= 15 is 0 Å². The van der Waals surface area contributed by atoms with Crippen molar-refractivity contribution in [2.24, 2.45) is 0 Å². The minimum Gasteiger partial charge on any atom is -0.382 e. The molecule has 1 rings (SSSR count). The van der Waals surface area contributed by atoms with Crippen molar-refractivity contribution in [1.29, 1.82) is 0 Å². The molecule has 0 bridgehead atoms. The highest BCUT2D eigenvalue weighted by atomic mass is 16.5. The summed E-state index contributed by atoms with van der Waals surface area (Å²) >= 11 is 0. The molecule has 0 aliphatic rings. The second kappa shape index (κ2) is 4.94. The molecular weight excluding hydrogens is 148 g/mol. The predicted molar refractivity (Wildman–Crippen MR) is 51.2 cm³/mol. The molecule has 1 atom stereocenters. The van der Waals surface area contributed by atoms with Gasteiger partial charge in [0.05, 0.1) is 6.10 Å². The summed E-state index contributed by atoms with van der Waals surface area (Å²) in [5.74, 6) is 0. The highest BCUT2D eigenvalue weighted by Gasteiger charge is 1.98. The fourth-order valence-corrected chi connectivity index (χ4v) is 1.13. The third-order valence-electron chi connectivity index (χ3n) is 2.08. The fraction of sp³-hybridized carbons (Fsp3) is 0.455. The van der Waals surface area contributed by atoms with E-state index < -0.39 is 0 Å². The van der Waals surface area contributed by atoms with Crippen LogP contribution in [0.15, 0.2) is 30.3 Å². The van der Waals surface area contributed by atoms with Crippen molar-refractivity contribution in [3.05, 3.63) is 35.9 Å². The van der Waals surface area contributed by atoms with Gasteiger partial charge in [-0.25, -0.2) is 0 Å². The van der Waals surface area contributed by atoms with Gasteiger partial charge >= 0.3 is 0 Å². The molecule has 0 aromatic heterocycles. The largest absolute Gasteiger partial charge is 0.382 e. The van der Waals surface area contributed by atoms with Gasteiger partial charge in [-0.1, -0.05) is 30.3 Å². The Balaban J connectivity index is 2.33. The first-order valence-corrected chi connectivity index (χ1v) is 4.39. The summed E-state index contributed by atoms with van der Waals surface area (Å²) in [4.78, 5) is 0. The van der Waals surface area contributed by atoms with E-state index in [2.05, 4.69) is 31.2 Å². The molecule has 0 N–H and O–H groups in total. The Kier molecular flexibility index (Phi) is 3.81. The summed E-state index contributed by atoms with van der Waals surface area (Å²) in [5, 5.41) is 0. The second-order valence-corrected chi connectivity index (χ2v) is 3.07. The van der Waals surface area contributed by atoms with Gasteiger partial charge in [-0.15, -0.1) is 0 Å². The van der Waals surface area contributed by atoms with Gasteiger partial charge in [-0.3, -0.25) is 0 Å². The molecule has 0 heterocycles. The lowest BCUT2D eigenvalue weighted by molar-refractivity contribution is 0.111. The first-order valence-electron chi connectivity index (χ1n) is 4.39.